The molecule has 1 unspecified atom stereocenters. The smallest absolute Gasteiger partial charge is 0.223 e. The van der Waals surface area contributed by atoms with Gasteiger partial charge < -0.3 is 9.47 Å². The molecule has 34 heavy (non-hydrogen) atoms. The van der Waals surface area contributed by atoms with Crippen molar-refractivity contribution in [3.05, 3.63) is 107 Å². The first-order valence-corrected chi connectivity index (χ1v) is 12.6. The zero-order valence-corrected chi connectivity index (χ0v) is 20.3. The number of carbonyl (C=O) groups excluding carboxylic acids is 1. The second-order valence-electron chi connectivity index (χ2n) is 9.83. The number of amides is 1. The largest absolute Gasteiger partial charge is 0.343 e. The number of aryl methyl sites for hydroxylation is 2. The third-order valence-electron chi connectivity index (χ3n) is 7.20. The molecule has 1 atom stereocenters. The SMILES string of the molecule is Cc1ccc(Cn2cc(C(CC(=O)N3CCCCC3)c3cccc(C)c3)c3ccccc32)cc1. The molecule has 1 amide bonds. The van der Waals surface area contributed by atoms with E-state index in [4.69, 9.17) is 0 Å². The molecule has 1 saturated heterocycles. The minimum atomic E-state index is 0.0403. The van der Waals surface area contributed by atoms with Gasteiger partial charge in [0.25, 0.3) is 0 Å². The highest BCUT2D eigenvalue weighted by atomic mass is 16.2. The van der Waals surface area contributed by atoms with Gasteiger partial charge in [-0.1, -0.05) is 77.9 Å². The van der Waals surface area contributed by atoms with Crippen LogP contribution in [0.4, 0.5) is 0 Å². The molecule has 2 heterocycles. The van der Waals surface area contributed by atoms with Gasteiger partial charge in [0.2, 0.25) is 5.91 Å². The predicted molar refractivity (Wildman–Crippen MR) is 140 cm³/mol. The maximum absolute atomic E-state index is 13.4. The van der Waals surface area contributed by atoms with Gasteiger partial charge in [0.05, 0.1) is 0 Å². The van der Waals surface area contributed by atoms with Crippen LogP contribution in [0.2, 0.25) is 0 Å². The molecule has 5 rings (SSSR count). The van der Waals surface area contributed by atoms with E-state index in [0.29, 0.717) is 6.42 Å². The molecule has 4 aromatic rings. The average Bonchev–Trinajstić information content (AvgIpc) is 3.22. The summed E-state index contributed by atoms with van der Waals surface area (Å²) in [4.78, 5) is 15.5. The first-order chi connectivity index (χ1) is 16.6. The lowest BCUT2D eigenvalue weighted by Crippen LogP contribution is -2.36. The van der Waals surface area contributed by atoms with Crippen LogP contribution in [0.5, 0.6) is 0 Å². The molecule has 1 aromatic heterocycles. The fourth-order valence-electron chi connectivity index (χ4n) is 5.32. The molecule has 0 bridgehead atoms. The molecule has 1 aliphatic heterocycles. The Morgan fingerprint density at radius 2 is 1.62 bits per heavy atom. The second kappa shape index (κ2) is 9.89. The summed E-state index contributed by atoms with van der Waals surface area (Å²) in [6.45, 7) is 6.87. The van der Waals surface area contributed by atoms with Gasteiger partial charge in [-0.25, -0.2) is 0 Å². The number of piperidine rings is 1. The quantitative estimate of drug-likeness (QED) is 0.316. The molecule has 0 N–H and O–H groups in total. The number of likely N-dealkylation sites (tertiary alicyclic amines) is 1. The van der Waals surface area contributed by atoms with Gasteiger partial charge in [0.15, 0.2) is 0 Å². The van der Waals surface area contributed by atoms with Crippen molar-refractivity contribution in [3.63, 3.8) is 0 Å². The summed E-state index contributed by atoms with van der Waals surface area (Å²) in [6.07, 6.45) is 6.29. The van der Waals surface area contributed by atoms with Crippen molar-refractivity contribution in [2.75, 3.05) is 13.1 Å². The lowest BCUT2D eigenvalue weighted by molar-refractivity contribution is -0.132. The Morgan fingerprint density at radius 1 is 0.853 bits per heavy atom. The fourth-order valence-corrected chi connectivity index (χ4v) is 5.32. The van der Waals surface area contributed by atoms with Crippen molar-refractivity contribution in [2.45, 2.75) is 52.0 Å². The number of para-hydroxylation sites is 1. The topological polar surface area (TPSA) is 25.2 Å². The van der Waals surface area contributed by atoms with Crippen LogP contribution in [0.25, 0.3) is 10.9 Å². The number of nitrogens with zero attached hydrogens (tertiary/aromatic N) is 2. The van der Waals surface area contributed by atoms with Gasteiger partial charge in [-0.15, -0.1) is 0 Å². The second-order valence-corrected chi connectivity index (χ2v) is 9.83. The first kappa shape index (κ1) is 22.5. The summed E-state index contributed by atoms with van der Waals surface area (Å²) in [5.74, 6) is 0.320. The van der Waals surface area contributed by atoms with E-state index in [1.807, 2.05) is 0 Å². The maximum Gasteiger partial charge on any atom is 0.223 e. The van der Waals surface area contributed by atoms with E-state index < -0.39 is 0 Å². The number of benzene rings is 3. The highest BCUT2D eigenvalue weighted by Gasteiger charge is 2.26. The summed E-state index contributed by atoms with van der Waals surface area (Å²) in [7, 11) is 0. The molecular weight excluding hydrogens is 416 g/mol. The molecule has 0 radical (unpaired) electrons. The van der Waals surface area contributed by atoms with Crippen LogP contribution in [0.1, 0.15) is 59.4 Å². The van der Waals surface area contributed by atoms with Crippen LogP contribution in [-0.4, -0.2) is 28.5 Å². The Kier molecular flexibility index (Phi) is 6.53. The Hall–Kier alpha value is -3.33. The molecular formula is C31H34N2O. The Morgan fingerprint density at radius 3 is 2.38 bits per heavy atom. The monoisotopic (exact) mass is 450 g/mol. The van der Waals surface area contributed by atoms with E-state index in [-0.39, 0.29) is 11.8 Å². The molecule has 174 valence electrons. The zero-order chi connectivity index (χ0) is 23.5. The van der Waals surface area contributed by atoms with E-state index in [2.05, 4.69) is 102 Å². The Balaban J connectivity index is 1.56. The van der Waals surface area contributed by atoms with Gasteiger partial charge in [0, 0.05) is 49.1 Å². The number of rotatable bonds is 6. The lowest BCUT2D eigenvalue weighted by atomic mass is 9.87. The average molecular weight is 451 g/mol. The standard InChI is InChI=1S/C31H34N2O/c1-23-13-15-25(16-14-23)21-33-22-29(27-11-4-5-12-30(27)33)28(26-10-8-9-24(2)19-26)20-31(34)32-17-6-3-7-18-32/h4-5,8-16,19,22,28H,3,6-7,17-18,20-21H2,1-2H3. The van der Waals surface area contributed by atoms with Gasteiger partial charge in [0.1, 0.15) is 0 Å². The van der Waals surface area contributed by atoms with Crippen molar-refractivity contribution >= 4 is 16.8 Å². The summed E-state index contributed by atoms with van der Waals surface area (Å²) in [5, 5.41) is 1.24. The van der Waals surface area contributed by atoms with Crippen LogP contribution in [0.3, 0.4) is 0 Å². The van der Waals surface area contributed by atoms with E-state index in [1.54, 1.807) is 0 Å². The van der Waals surface area contributed by atoms with Crippen molar-refractivity contribution in [2.24, 2.45) is 0 Å². The third-order valence-corrected chi connectivity index (χ3v) is 7.20. The first-order valence-electron chi connectivity index (χ1n) is 12.6. The van der Waals surface area contributed by atoms with Gasteiger partial charge >= 0.3 is 0 Å². The van der Waals surface area contributed by atoms with Crippen LogP contribution in [0.15, 0.2) is 79.0 Å². The third kappa shape index (κ3) is 4.79. The van der Waals surface area contributed by atoms with Crippen LogP contribution < -0.4 is 0 Å². The molecule has 0 saturated carbocycles. The van der Waals surface area contributed by atoms with E-state index in [9.17, 15) is 4.79 Å². The number of fused-ring (bicyclic) bond motifs is 1. The van der Waals surface area contributed by atoms with Gasteiger partial charge in [-0.3, -0.25) is 4.79 Å². The van der Waals surface area contributed by atoms with E-state index in [1.165, 1.54) is 45.1 Å². The molecule has 0 aliphatic carbocycles. The van der Waals surface area contributed by atoms with Gasteiger partial charge in [-0.05, 0) is 55.9 Å². The molecule has 0 spiro atoms. The number of aromatic nitrogens is 1. The highest BCUT2D eigenvalue weighted by Crippen LogP contribution is 2.36. The zero-order valence-electron chi connectivity index (χ0n) is 20.3. The number of carbonyl (C=O) groups is 1. The van der Waals surface area contributed by atoms with Crippen molar-refractivity contribution < 1.29 is 4.79 Å². The highest BCUT2D eigenvalue weighted by molar-refractivity contribution is 5.87. The van der Waals surface area contributed by atoms with E-state index >= 15 is 0 Å². The molecule has 1 aliphatic rings. The summed E-state index contributed by atoms with van der Waals surface area (Å²) in [6, 6.07) is 26.1. The normalized spacial score (nSPS) is 14.9. The lowest BCUT2D eigenvalue weighted by Gasteiger charge is -2.28. The minimum Gasteiger partial charge on any atom is -0.343 e. The number of hydrogen-bond acceptors (Lipinski definition) is 1. The maximum atomic E-state index is 13.4. The number of hydrogen-bond donors (Lipinski definition) is 0. The van der Waals surface area contributed by atoms with Crippen LogP contribution in [-0.2, 0) is 11.3 Å². The molecule has 3 heteroatoms. The van der Waals surface area contributed by atoms with Crippen molar-refractivity contribution in [1.29, 1.82) is 0 Å². The summed E-state index contributed by atoms with van der Waals surface area (Å²) >= 11 is 0. The predicted octanol–water partition coefficient (Wildman–Crippen LogP) is 6.84. The molecule has 3 nitrogen and oxygen atoms in total. The molecule has 3 aromatic carbocycles. The van der Waals surface area contributed by atoms with Crippen LogP contribution >= 0.6 is 0 Å². The van der Waals surface area contributed by atoms with Crippen molar-refractivity contribution in [1.82, 2.24) is 9.47 Å². The Labute approximate surface area is 203 Å². The molecule has 1 fully saturated rings. The summed E-state index contributed by atoms with van der Waals surface area (Å²) < 4.78 is 2.35. The Bertz CT molecular complexity index is 1280. The minimum absolute atomic E-state index is 0.0403. The van der Waals surface area contributed by atoms with Crippen molar-refractivity contribution in [3.8, 4) is 0 Å². The van der Waals surface area contributed by atoms with Crippen LogP contribution in [0, 0.1) is 13.8 Å². The fraction of sp³-hybridized carbons (Fsp3) is 0.323. The summed E-state index contributed by atoms with van der Waals surface area (Å²) in [5.41, 5.74) is 7.49. The van der Waals surface area contributed by atoms with E-state index in [0.717, 1.165) is 32.5 Å². The van der Waals surface area contributed by atoms with Gasteiger partial charge in [-0.2, -0.15) is 0 Å².